The molecule has 5 N–H and O–H groups in total. The van der Waals surface area contributed by atoms with Gasteiger partial charge in [-0.15, -0.1) is 0 Å². The highest BCUT2D eigenvalue weighted by Gasteiger charge is 2.53. The number of aliphatic hydroxyl groups excluding tert-OH is 3. The van der Waals surface area contributed by atoms with Crippen molar-refractivity contribution in [3.63, 3.8) is 0 Å². The van der Waals surface area contributed by atoms with Gasteiger partial charge in [0.05, 0.1) is 47.6 Å². The Balaban J connectivity index is 2.18. The number of esters is 1. The van der Waals surface area contributed by atoms with Gasteiger partial charge < -0.3 is 58.9 Å². The van der Waals surface area contributed by atoms with Crippen LogP contribution in [0.1, 0.15) is 94.9 Å². The number of ether oxygens (including phenoxy) is 6. The van der Waals surface area contributed by atoms with Gasteiger partial charge in [0.2, 0.25) is 0 Å². The molecule has 0 saturated carbocycles. The average Bonchev–Trinajstić information content (AvgIpc) is 3.05. The van der Waals surface area contributed by atoms with Crippen molar-refractivity contribution in [1.29, 1.82) is 0 Å². The van der Waals surface area contributed by atoms with Gasteiger partial charge in [-0.3, -0.25) is 9.59 Å². The van der Waals surface area contributed by atoms with E-state index in [0.717, 1.165) is 0 Å². The number of carbonyl (C=O) groups excluding carboxylic acids is 2. The lowest BCUT2D eigenvalue weighted by molar-refractivity contribution is -0.318. The minimum Gasteiger partial charge on any atom is -0.459 e. The van der Waals surface area contributed by atoms with Gasteiger partial charge >= 0.3 is 5.97 Å². The summed E-state index contributed by atoms with van der Waals surface area (Å²) in [5, 5.41) is 57.6. The molecule has 0 radical (unpaired) electrons. The van der Waals surface area contributed by atoms with Crippen molar-refractivity contribution in [2.45, 2.75) is 179 Å². The third-order valence-electron chi connectivity index (χ3n) is 11.8. The van der Waals surface area contributed by atoms with Crippen molar-refractivity contribution in [2.24, 2.45) is 23.7 Å². The topological polar surface area (TPSA) is 194 Å². The van der Waals surface area contributed by atoms with E-state index < -0.39 is 108 Å². The van der Waals surface area contributed by atoms with E-state index in [1.165, 1.54) is 27.9 Å². The summed E-state index contributed by atoms with van der Waals surface area (Å²) in [5.74, 6) is -4.98. The molecule has 3 aliphatic heterocycles. The van der Waals surface area contributed by atoms with Gasteiger partial charge in [0, 0.05) is 37.3 Å². The number of hydrogen-bond donors (Lipinski definition) is 5. The number of cyclic esters (lactones) is 1. The lowest BCUT2D eigenvalue weighted by Crippen LogP contribution is -2.61. The number of carbonyl (C=O) groups is 2. The quantitative estimate of drug-likeness (QED) is 0.238. The number of nitrogens with zero attached hydrogens (tertiary/aromatic N) is 1. The summed E-state index contributed by atoms with van der Waals surface area (Å²) in [7, 11) is 5.18. The normalized spacial score (nSPS) is 49.7. The summed E-state index contributed by atoms with van der Waals surface area (Å²) in [6, 6.07) is -0.324. The van der Waals surface area contributed by atoms with Crippen molar-refractivity contribution in [3.05, 3.63) is 0 Å². The second-order valence-electron chi connectivity index (χ2n) is 16.5. The largest absolute Gasteiger partial charge is 0.459 e. The molecular formula is C37H67NO13. The first-order chi connectivity index (χ1) is 23.4. The van der Waals surface area contributed by atoms with Crippen LogP contribution in [0.2, 0.25) is 0 Å². The maximum atomic E-state index is 14.1. The number of hydrogen-bond acceptors (Lipinski definition) is 14. The average molecular weight is 734 g/mol. The van der Waals surface area contributed by atoms with Crippen LogP contribution in [-0.4, -0.2) is 148 Å². The standard InChI is InChI=1S/C37H67NO13/c1-14-25-37(10,45)30(41)20(4)27(39)18(2)16-35(8,44)32(51-34-28(40)24(38(11)12)15-19(3)47-34)21(5)29(22(6)33(43)49-25)50-26-17-36(9,46-13)31(42)23(7)48-26/h18-26,28-32,34,40-42,44-45H,14-17H2,1-13H3/t18-,19-,20+,21?,22-,23+,24+,25?,26+,28-,29?,30?,31+,32?,34?,35-,36-,37-/m1/s1. The van der Waals surface area contributed by atoms with Crippen molar-refractivity contribution in [2.75, 3.05) is 21.2 Å². The number of aliphatic hydroxyl groups is 5. The number of methoxy groups -OCH3 is 1. The van der Waals surface area contributed by atoms with Gasteiger partial charge in [-0.05, 0) is 74.9 Å². The SMILES string of the molecule is CCC1OC(=O)[C@H](C)C(O[C@H]2C[C@@](C)(OC)[C@@H](O)[C@H](C)O2)C(C)C(OC2O[C@H](C)C[C@H](N(C)C)[C@H]2O)[C@](C)(O)C[C@@H](C)C(=O)[C@H](C)C(O)[C@]1(C)O. The highest BCUT2D eigenvalue weighted by atomic mass is 16.7. The molecule has 14 heteroatoms. The Kier molecular flexibility index (Phi) is 14.7. The highest BCUT2D eigenvalue weighted by Crippen LogP contribution is 2.40. The lowest BCUT2D eigenvalue weighted by atomic mass is 9.74. The van der Waals surface area contributed by atoms with E-state index in [0.29, 0.717) is 6.42 Å². The molecule has 51 heavy (non-hydrogen) atoms. The first-order valence-electron chi connectivity index (χ1n) is 18.5. The van der Waals surface area contributed by atoms with E-state index in [1.807, 2.05) is 25.9 Å². The third-order valence-corrected chi connectivity index (χ3v) is 11.8. The van der Waals surface area contributed by atoms with Crippen molar-refractivity contribution >= 4 is 11.8 Å². The molecule has 3 aliphatic rings. The molecule has 298 valence electrons. The molecule has 3 heterocycles. The van der Waals surface area contributed by atoms with E-state index in [2.05, 4.69) is 0 Å². The molecule has 0 aromatic heterocycles. The van der Waals surface area contributed by atoms with Crippen molar-refractivity contribution < 1.29 is 63.5 Å². The molecule has 0 aromatic rings. The molecule has 3 fully saturated rings. The van der Waals surface area contributed by atoms with Crippen LogP contribution >= 0.6 is 0 Å². The predicted octanol–water partition coefficient (Wildman–Crippen LogP) is 1.79. The summed E-state index contributed by atoms with van der Waals surface area (Å²) >= 11 is 0. The first kappa shape index (κ1) is 44.1. The lowest BCUT2D eigenvalue weighted by Gasteiger charge is -2.49. The Morgan fingerprint density at radius 3 is 2.04 bits per heavy atom. The number of likely N-dealkylation sites (N-methyl/N-ethyl adjacent to an activating group) is 1. The number of ketones is 1. The summed E-state index contributed by atoms with van der Waals surface area (Å²) in [5.41, 5.74) is -4.84. The summed E-state index contributed by atoms with van der Waals surface area (Å²) < 4.78 is 37.1. The first-order valence-corrected chi connectivity index (χ1v) is 18.5. The van der Waals surface area contributed by atoms with Crippen LogP contribution in [0.3, 0.4) is 0 Å². The second-order valence-corrected chi connectivity index (χ2v) is 16.5. The fraction of sp³-hybridized carbons (Fsp3) is 0.946. The van der Waals surface area contributed by atoms with Crippen LogP contribution in [0.25, 0.3) is 0 Å². The molecule has 0 bridgehead atoms. The predicted molar refractivity (Wildman–Crippen MR) is 186 cm³/mol. The molecule has 0 amide bonds. The van der Waals surface area contributed by atoms with Gasteiger partial charge in [-0.1, -0.05) is 27.7 Å². The van der Waals surface area contributed by atoms with Crippen LogP contribution in [-0.2, 0) is 38.0 Å². The summed E-state index contributed by atoms with van der Waals surface area (Å²) in [4.78, 5) is 29.8. The highest BCUT2D eigenvalue weighted by molar-refractivity contribution is 5.83. The van der Waals surface area contributed by atoms with Crippen LogP contribution < -0.4 is 0 Å². The molecule has 3 saturated heterocycles. The van der Waals surface area contributed by atoms with Crippen LogP contribution in [0, 0.1) is 23.7 Å². The van der Waals surface area contributed by atoms with Crippen molar-refractivity contribution in [1.82, 2.24) is 4.90 Å². The van der Waals surface area contributed by atoms with E-state index in [9.17, 15) is 35.1 Å². The second kappa shape index (κ2) is 17.0. The minimum atomic E-state index is -1.99. The Morgan fingerprint density at radius 1 is 0.882 bits per heavy atom. The Hall–Kier alpha value is -1.30. The molecular weight excluding hydrogens is 666 g/mol. The fourth-order valence-electron chi connectivity index (χ4n) is 8.41. The monoisotopic (exact) mass is 733 g/mol. The van der Waals surface area contributed by atoms with Gasteiger partial charge in [-0.2, -0.15) is 0 Å². The summed E-state index contributed by atoms with van der Waals surface area (Å²) in [6.45, 7) is 16.3. The molecule has 14 nitrogen and oxygen atoms in total. The zero-order valence-corrected chi connectivity index (χ0v) is 32.9. The molecule has 0 aliphatic carbocycles. The Bertz CT molecular complexity index is 1170. The fourth-order valence-corrected chi connectivity index (χ4v) is 8.41. The third kappa shape index (κ3) is 9.51. The Morgan fingerprint density at radius 2 is 1.49 bits per heavy atom. The van der Waals surface area contributed by atoms with E-state index in [1.54, 1.807) is 41.5 Å². The summed E-state index contributed by atoms with van der Waals surface area (Å²) in [6.07, 6.45) is -9.71. The van der Waals surface area contributed by atoms with Gasteiger partial charge in [0.25, 0.3) is 0 Å². The molecule has 3 rings (SSSR count). The zero-order valence-electron chi connectivity index (χ0n) is 32.9. The van der Waals surface area contributed by atoms with Gasteiger partial charge in [0.1, 0.15) is 29.7 Å². The Labute approximate surface area is 304 Å². The molecule has 18 atom stereocenters. The number of rotatable bonds is 7. The van der Waals surface area contributed by atoms with Crippen LogP contribution in [0.5, 0.6) is 0 Å². The zero-order chi connectivity index (χ0) is 39.0. The van der Waals surface area contributed by atoms with Crippen LogP contribution in [0.4, 0.5) is 0 Å². The molecule has 0 aromatic carbocycles. The maximum Gasteiger partial charge on any atom is 0.311 e. The smallest absolute Gasteiger partial charge is 0.311 e. The van der Waals surface area contributed by atoms with Gasteiger partial charge in [-0.25, -0.2) is 0 Å². The van der Waals surface area contributed by atoms with Gasteiger partial charge in [0.15, 0.2) is 12.6 Å². The van der Waals surface area contributed by atoms with E-state index in [-0.39, 0.29) is 31.4 Å². The maximum absolute atomic E-state index is 14.1. The minimum absolute atomic E-state index is 0.0936. The molecule has 0 spiro atoms. The van der Waals surface area contributed by atoms with E-state index >= 15 is 0 Å². The van der Waals surface area contributed by atoms with Crippen LogP contribution in [0.15, 0.2) is 0 Å². The molecule has 6 unspecified atom stereocenters. The van der Waals surface area contributed by atoms with E-state index in [4.69, 9.17) is 28.4 Å². The number of Topliss-reactive ketones (excluding diaryl/α,β-unsaturated/α-hetero) is 1. The van der Waals surface area contributed by atoms with Crippen molar-refractivity contribution in [3.8, 4) is 0 Å².